The lowest BCUT2D eigenvalue weighted by atomic mass is 10.2. The first kappa shape index (κ1) is 23.4. The molecule has 2 N–H and O–H groups in total. The molecule has 0 unspecified atom stereocenters. The number of carbonyl (C=O) groups excluding carboxylic acids is 1. The highest BCUT2D eigenvalue weighted by Gasteiger charge is 2.19. The van der Waals surface area contributed by atoms with Crippen molar-refractivity contribution in [3.8, 4) is 11.5 Å². The highest BCUT2D eigenvalue weighted by molar-refractivity contribution is 7.92. The van der Waals surface area contributed by atoms with E-state index in [0.29, 0.717) is 41.7 Å². The molecule has 1 aliphatic heterocycles. The van der Waals surface area contributed by atoms with Gasteiger partial charge in [0.2, 0.25) is 0 Å². The van der Waals surface area contributed by atoms with E-state index in [1.807, 2.05) is 31.3 Å². The van der Waals surface area contributed by atoms with E-state index in [1.54, 1.807) is 30.3 Å². The standard InChI is InChI=1S/C25H27N3O5S/c1-3-28(2)21-7-4-6-20(16-21)26-25(29)18-8-10-19(11-9-18)27-34(30,31)22-12-13-23-24(17-22)33-15-5-14-32-23/h4,6-13,16-17,27H,3,5,14-15H2,1-2H3,(H,26,29). The Morgan fingerprint density at radius 3 is 2.41 bits per heavy atom. The second-order valence-electron chi connectivity index (χ2n) is 7.86. The molecule has 1 aliphatic rings. The predicted molar refractivity (Wildman–Crippen MR) is 133 cm³/mol. The van der Waals surface area contributed by atoms with Crippen LogP contribution in [0, 0.1) is 0 Å². The van der Waals surface area contributed by atoms with Crippen molar-refractivity contribution in [3.63, 3.8) is 0 Å². The number of hydrogen-bond acceptors (Lipinski definition) is 6. The molecule has 0 saturated heterocycles. The predicted octanol–water partition coefficient (Wildman–Crippen LogP) is 4.36. The van der Waals surface area contributed by atoms with E-state index in [0.717, 1.165) is 18.7 Å². The first-order valence-electron chi connectivity index (χ1n) is 11.0. The number of anilines is 3. The molecule has 4 rings (SSSR count). The molecule has 3 aromatic rings. The highest BCUT2D eigenvalue weighted by Crippen LogP contribution is 2.32. The van der Waals surface area contributed by atoms with Crippen LogP contribution in [0.4, 0.5) is 17.1 Å². The first-order valence-corrected chi connectivity index (χ1v) is 12.5. The van der Waals surface area contributed by atoms with Crippen molar-refractivity contribution in [2.24, 2.45) is 0 Å². The molecule has 9 heteroatoms. The Balaban J connectivity index is 1.44. The Morgan fingerprint density at radius 1 is 0.941 bits per heavy atom. The summed E-state index contributed by atoms with van der Waals surface area (Å²) in [5.41, 5.74) is 2.44. The third-order valence-electron chi connectivity index (χ3n) is 5.45. The minimum absolute atomic E-state index is 0.0653. The summed E-state index contributed by atoms with van der Waals surface area (Å²) in [5.74, 6) is 0.647. The molecule has 178 valence electrons. The summed E-state index contributed by atoms with van der Waals surface area (Å²) in [6.07, 6.45) is 0.732. The molecule has 0 bridgehead atoms. The van der Waals surface area contributed by atoms with Crippen molar-refractivity contribution in [1.82, 2.24) is 0 Å². The molecule has 1 heterocycles. The Bertz CT molecular complexity index is 1280. The van der Waals surface area contributed by atoms with E-state index < -0.39 is 10.0 Å². The number of hydrogen-bond donors (Lipinski definition) is 2. The van der Waals surface area contributed by atoms with Crippen LogP contribution in [-0.4, -0.2) is 41.1 Å². The Kier molecular flexibility index (Phi) is 6.93. The number of nitrogens with one attached hydrogen (secondary N) is 2. The number of fused-ring (bicyclic) bond motifs is 1. The van der Waals surface area contributed by atoms with E-state index in [2.05, 4.69) is 21.9 Å². The summed E-state index contributed by atoms with van der Waals surface area (Å²) < 4.78 is 39.4. The molecule has 0 fully saturated rings. The minimum Gasteiger partial charge on any atom is -0.490 e. The van der Waals surface area contributed by atoms with Crippen LogP contribution in [0.5, 0.6) is 11.5 Å². The maximum absolute atomic E-state index is 12.9. The smallest absolute Gasteiger partial charge is 0.262 e. The fourth-order valence-corrected chi connectivity index (χ4v) is 4.50. The van der Waals surface area contributed by atoms with Crippen LogP contribution in [0.25, 0.3) is 0 Å². The summed E-state index contributed by atoms with van der Waals surface area (Å²) in [6, 6.07) is 18.4. The average Bonchev–Trinajstić information content (AvgIpc) is 3.09. The minimum atomic E-state index is -3.85. The van der Waals surface area contributed by atoms with E-state index in [-0.39, 0.29) is 10.8 Å². The molecule has 3 aromatic carbocycles. The van der Waals surface area contributed by atoms with Crippen LogP contribution in [0.2, 0.25) is 0 Å². The number of benzene rings is 3. The normalized spacial score (nSPS) is 13.0. The molecule has 1 amide bonds. The van der Waals surface area contributed by atoms with Crippen molar-refractivity contribution in [1.29, 1.82) is 0 Å². The lowest BCUT2D eigenvalue weighted by molar-refractivity contribution is 0.102. The number of rotatable bonds is 7. The molecule has 0 aliphatic carbocycles. The monoisotopic (exact) mass is 481 g/mol. The third kappa shape index (κ3) is 5.43. The Labute approximate surface area is 199 Å². The third-order valence-corrected chi connectivity index (χ3v) is 6.83. The van der Waals surface area contributed by atoms with Crippen molar-refractivity contribution >= 4 is 33.0 Å². The molecule has 0 saturated carbocycles. The van der Waals surface area contributed by atoms with Gasteiger partial charge < -0.3 is 19.7 Å². The van der Waals surface area contributed by atoms with Crippen LogP contribution in [0.3, 0.4) is 0 Å². The SMILES string of the molecule is CCN(C)c1cccc(NC(=O)c2ccc(NS(=O)(=O)c3ccc4c(c3)OCCCO4)cc2)c1. The van der Waals surface area contributed by atoms with Gasteiger partial charge in [0.1, 0.15) is 0 Å². The summed E-state index contributed by atoms with van der Waals surface area (Å²) >= 11 is 0. The van der Waals surface area contributed by atoms with Gasteiger partial charge in [-0.25, -0.2) is 8.42 Å². The summed E-state index contributed by atoms with van der Waals surface area (Å²) in [4.78, 5) is 14.8. The van der Waals surface area contributed by atoms with Gasteiger partial charge in [0.25, 0.3) is 15.9 Å². The molecule has 34 heavy (non-hydrogen) atoms. The summed E-state index contributed by atoms with van der Waals surface area (Å²) in [5, 5.41) is 2.88. The fraction of sp³-hybridized carbons (Fsp3) is 0.240. The molecule has 0 radical (unpaired) electrons. The maximum atomic E-state index is 12.9. The van der Waals surface area contributed by atoms with E-state index in [9.17, 15) is 13.2 Å². The lowest BCUT2D eigenvalue weighted by Crippen LogP contribution is -2.17. The zero-order valence-corrected chi connectivity index (χ0v) is 19.9. The van der Waals surface area contributed by atoms with Crippen molar-refractivity contribution in [2.75, 3.05) is 41.7 Å². The number of amides is 1. The molecular weight excluding hydrogens is 454 g/mol. The molecule has 0 atom stereocenters. The van der Waals surface area contributed by atoms with Crippen molar-refractivity contribution in [2.45, 2.75) is 18.2 Å². The number of carbonyl (C=O) groups is 1. The van der Waals surface area contributed by atoms with Crippen LogP contribution in [0.15, 0.2) is 71.6 Å². The summed E-state index contributed by atoms with van der Waals surface area (Å²) in [7, 11) is -1.87. The Morgan fingerprint density at radius 2 is 1.68 bits per heavy atom. The first-order chi connectivity index (χ1) is 16.4. The molecule has 0 aromatic heterocycles. The van der Waals surface area contributed by atoms with E-state index in [4.69, 9.17) is 9.47 Å². The number of sulfonamides is 1. The molecular formula is C25H27N3O5S. The van der Waals surface area contributed by atoms with Crippen LogP contribution in [-0.2, 0) is 10.0 Å². The van der Waals surface area contributed by atoms with E-state index >= 15 is 0 Å². The molecule has 8 nitrogen and oxygen atoms in total. The van der Waals surface area contributed by atoms with Gasteiger partial charge in [-0.1, -0.05) is 6.07 Å². The number of ether oxygens (including phenoxy) is 2. The van der Waals surface area contributed by atoms with Gasteiger partial charge in [0.05, 0.1) is 18.1 Å². The van der Waals surface area contributed by atoms with Gasteiger partial charge >= 0.3 is 0 Å². The van der Waals surface area contributed by atoms with Gasteiger partial charge in [-0.05, 0) is 61.5 Å². The van der Waals surface area contributed by atoms with Gasteiger partial charge in [0.15, 0.2) is 11.5 Å². The highest BCUT2D eigenvalue weighted by atomic mass is 32.2. The second kappa shape index (κ2) is 10.0. The quantitative estimate of drug-likeness (QED) is 0.521. The molecule has 0 spiro atoms. The van der Waals surface area contributed by atoms with Crippen LogP contribution >= 0.6 is 0 Å². The van der Waals surface area contributed by atoms with Crippen molar-refractivity contribution < 1.29 is 22.7 Å². The summed E-state index contributed by atoms with van der Waals surface area (Å²) in [6.45, 7) is 3.89. The van der Waals surface area contributed by atoms with Gasteiger partial charge in [-0.15, -0.1) is 0 Å². The van der Waals surface area contributed by atoms with Gasteiger partial charge in [-0.3, -0.25) is 9.52 Å². The van der Waals surface area contributed by atoms with Gasteiger partial charge in [-0.2, -0.15) is 0 Å². The fourth-order valence-electron chi connectivity index (χ4n) is 3.42. The second-order valence-corrected chi connectivity index (χ2v) is 9.54. The van der Waals surface area contributed by atoms with Gasteiger partial charge in [0, 0.05) is 48.7 Å². The van der Waals surface area contributed by atoms with Crippen molar-refractivity contribution in [3.05, 3.63) is 72.3 Å². The topological polar surface area (TPSA) is 97.0 Å². The zero-order chi connectivity index (χ0) is 24.1. The van der Waals surface area contributed by atoms with Crippen LogP contribution in [0.1, 0.15) is 23.7 Å². The lowest BCUT2D eigenvalue weighted by Gasteiger charge is -2.17. The van der Waals surface area contributed by atoms with E-state index in [1.165, 1.54) is 12.1 Å². The zero-order valence-electron chi connectivity index (χ0n) is 19.1. The maximum Gasteiger partial charge on any atom is 0.262 e. The van der Waals surface area contributed by atoms with Crippen LogP contribution < -0.4 is 24.4 Å². The average molecular weight is 482 g/mol. The number of nitrogens with zero attached hydrogens (tertiary/aromatic N) is 1. The Hall–Kier alpha value is -3.72. The largest absolute Gasteiger partial charge is 0.490 e.